The Hall–Kier alpha value is -1.84. The molecule has 0 aliphatic carbocycles. The molecule has 0 bridgehead atoms. The number of rotatable bonds is 10. The van der Waals surface area contributed by atoms with Gasteiger partial charge in [-0.3, -0.25) is 14.6 Å². The molecule has 2 aromatic carbocycles. The molecule has 1 saturated heterocycles. The maximum absolute atomic E-state index is 13.3. The summed E-state index contributed by atoms with van der Waals surface area (Å²) in [4.78, 5) is 23.3. The van der Waals surface area contributed by atoms with Crippen molar-refractivity contribution < 1.29 is 14.3 Å². The van der Waals surface area contributed by atoms with Crippen molar-refractivity contribution in [2.75, 3.05) is 57.2 Å². The zero-order chi connectivity index (χ0) is 23.0. The van der Waals surface area contributed by atoms with Crippen molar-refractivity contribution in [2.24, 2.45) is 0 Å². The Morgan fingerprint density at radius 3 is 2.76 bits per heavy atom. The number of halogens is 1. The summed E-state index contributed by atoms with van der Waals surface area (Å²) in [6.07, 6.45) is 1.33. The van der Waals surface area contributed by atoms with Gasteiger partial charge in [0.05, 0.1) is 30.0 Å². The first-order valence-electron chi connectivity index (χ1n) is 11.1. The molecule has 1 aromatic heterocycles. The van der Waals surface area contributed by atoms with Gasteiger partial charge in [0.1, 0.15) is 11.3 Å². The van der Waals surface area contributed by atoms with Gasteiger partial charge in [-0.2, -0.15) is 0 Å². The van der Waals surface area contributed by atoms with Gasteiger partial charge in [-0.15, -0.1) is 11.8 Å². The van der Waals surface area contributed by atoms with Gasteiger partial charge in [0.25, 0.3) is 0 Å². The maximum atomic E-state index is 13.3. The van der Waals surface area contributed by atoms with Crippen molar-refractivity contribution in [3.63, 3.8) is 0 Å². The molecular weight excluding hydrogens is 478 g/mol. The first-order chi connectivity index (χ1) is 16.1. The van der Waals surface area contributed by atoms with Gasteiger partial charge in [0.15, 0.2) is 5.13 Å². The van der Waals surface area contributed by atoms with Crippen LogP contribution in [-0.2, 0) is 9.53 Å². The smallest absolute Gasteiger partial charge is 0.229 e. The Morgan fingerprint density at radius 1 is 1.24 bits per heavy atom. The number of ether oxygens (including phenoxy) is 2. The van der Waals surface area contributed by atoms with Crippen LogP contribution in [0.4, 0.5) is 5.13 Å². The minimum Gasteiger partial charge on any atom is -0.497 e. The molecule has 0 saturated carbocycles. The average molecular weight is 506 g/mol. The van der Waals surface area contributed by atoms with Crippen molar-refractivity contribution in [3.8, 4) is 5.75 Å². The van der Waals surface area contributed by atoms with Gasteiger partial charge in [-0.05, 0) is 42.8 Å². The van der Waals surface area contributed by atoms with E-state index < -0.39 is 0 Å². The van der Waals surface area contributed by atoms with E-state index in [1.807, 2.05) is 47.4 Å². The first-order valence-corrected chi connectivity index (χ1v) is 13.2. The number of fused-ring (bicyclic) bond motifs is 1. The van der Waals surface area contributed by atoms with Crippen LogP contribution >= 0.6 is 34.7 Å². The lowest BCUT2D eigenvalue weighted by atomic mass is 10.3. The topological polar surface area (TPSA) is 54.9 Å². The number of amides is 1. The van der Waals surface area contributed by atoms with Crippen LogP contribution in [0.25, 0.3) is 10.2 Å². The summed E-state index contributed by atoms with van der Waals surface area (Å²) in [7, 11) is 1.66. The number of carbonyl (C=O) groups is 1. The summed E-state index contributed by atoms with van der Waals surface area (Å²) in [5.41, 5.74) is 0.762. The van der Waals surface area contributed by atoms with E-state index in [1.165, 1.54) is 11.3 Å². The maximum Gasteiger partial charge on any atom is 0.229 e. The predicted molar refractivity (Wildman–Crippen MR) is 137 cm³/mol. The lowest BCUT2D eigenvalue weighted by Crippen LogP contribution is -2.39. The van der Waals surface area contributed by atoms with E-state index in [1.54, 1.807) is 18.9 Å². The number of para-hydroxylation sites is 1. The third-order valence-corrected chi connectivity index (χ3v) is 7.86. The van der Waals surface area contributed by atoms with Gasteiger partial charge in [-0.1, -0.05) is 29.0 Å². The van der Waals surface area contributed by atoms with Crippen LogP contribution < -0.4 is 9.64 Å². The number of thioether (sulfide) groups is 1. The van der Waals surface area contributed by atoms with Crippen LogP contribution in [-0.4, -0.2) is 68.0 Å². The van der Waals surface area contributed by atoms with Crippen molar-refractivity contribution in [2.45, 2.75) is 17.7 Å². The molecule has 0 atom stereocenters. The highest BCUT2D eigenvalue weighted by Crippen LogP contribution is 2.33. The molecule has 0 spiro atoms. The molecule has 176 valence electrons. The predicted octanol–water partition coefficient (Wildman–Crippen LogP) is 5.20. The van der Waals surface area contributed by atoms with Gasteiger partial charge < -0.3 is 9.47 Å². The number of benzene rings is 2. The molecule has 0 N–H and O–H groups in total. The molecular formula is C24H28ClN3O3S2. The fourth-order valence-electron chi connectivity index (χ4n) is 3.69. The summed E-state index contributed by atoms with van der Waals surface area (Å²) in [5, 5.41) is 1.34. The van der Waals surface area contributed by atoms with Crippen LogP contribution in [0.3, 0.4) is 0 Å². The minimum atomic E-state index is 0.0909. The van der Waals surface area contributed by atoms with E-state index >= 15 is 0 Å². The lowest BCUT2D eigenvalue weighted by Gasteiger charge is -2.27. The number of aromatic nitrogens is 1. The quantitative estimate of drug-likeness (QED) is 0.353. The van der Waals surface area contributed by atoms with Crippen molar-refractivity contribution in [1.82, 2.24) is 9.88 Å². The van der Waals surface area contributed by atoms with Crippen molar-refractivity contribution >= 4 is 56.0 Å². The summed E-state index contributed by atoms with van der Waals surface area (Å²) < 4.78 is 11.6. The molecule has 0 unspecified atom stereocenters. The fourth-order valence-corrected chi connectivity index (χ4v) is 5.84. The van der Waals surface area contributed by atoms with E-state index in [-0.39, 0.29) is 5.91 Å². The molecule has 1 amide bonds. The highest BCUT2D eigenvalue weighted by Gasteiger charge is 2.21. The Bertz CT molecular complexity index is 1050. The minimum absolute atomic E-state index is 0.0909. The third-order valence-electron chi connectivity index (χ3n) is 5.49. The van der Waals surface area contributed by atoms with Crippen LogP contribution in [0.2, 0.25) is 5.02 Å². The Kier molecular flexibility index (Phi) is 8.86. The van der Waals surface area contributed by atoms with Crippen LogP contribution in [0.5, 0.6) is 5.75 Å². The average Bonchev–Trinajstić information content (AvgIpc) is 3.28. The summed E-state index contributed by atoms with van der Waals surface area (Å²) >= 11 is 9.54. The molecule has 1 fully saturated rings. The van der Waals surface area contributed by atoms with E-state index in [0.29, 0.717) is 23.7 Å². The van der Waals surface area contributed by atoms with Gasteiger partial charge in [-0.25, -0.2) is 4.98 Å². The SMILES string of the molecule is COc1ccc(SCCC(=O)N(CCCN2CCOCC2)c2nc3c(Cl)cccc3s2)cc1. The molecule has 1 aliphatic heterocycles. The summed E-state index contributed by atoms with van der Waals surface area (Å²) in [5.74, 6) is 1.63. The number of anilines is 1. The van der Waals surface area contributed by atoms with Crippen LogP contribution in [0.15, 0.2) is 47.4 Å². The number of morpholine rings is 1. The first kappa shape index (κ1) is 24.3. The van der Waals surface area contributed by atoms with Crippen LogP contribution in [0.1, 0.15) is 12.8 Å². The molecule has 1 aliphatic rings. The standard InChI is InChI=1S/C24H28ClN3O3S2/c1-30-18-6-8-19(9-7-18)32-17-10-22(29)28(12-3-11-27-13-15-31-16-14-27)24-26-23-20(25)4-2-5-21(23)33-24/h2,4-9H,3,10-17H2,1H3. The zero-order valence-corrected chi connectivity index (χ0v) is 21.1. The molecule has 0 radical (unpaired) electrons. The normalized spacial score (nSPS) is 14.5. The molecule has 9 heteroatoms. The number of hydrogen-bond donors (Lipinski definition) is 0. The summed E-state index contributed by atoms with van der Waals surface area (Å²) in [6, 6.07) is 13.7. The van der Waals surface area contributed by atoms with E-state index in [9.17, 15) is 4.79 Å². The second kappa shape index (κ2) is 12.0. The second-order valence-electron chi connectivity index (χ2n) is 7.71. The number of thiazole rings is 1. The Labute approximate surface area is 207 Å². The van der Waals surface area contributed by atoms with Gasteiger partial charge >= 0.3 is 0 Å². The lowest BCUT2D eigenvalue weighted by molar-refractivity contribution is -0.118. The monoisotopic (exact) mass is 505 g/mol. The Balaban J connectivity index is 1.40. The van der Waals surface area contributed by atoms with Crippen molar-refractivity contribution in [3.05, 3.63) is 47.5 Å². The molecule has 2 heterocycles. The highest BCUT2D eigenvalue weighted by molar-refractivity contribution is 7.99. The molecule has 6 nitrogen and oxygen atoms in total. The number of methoxy groups -OCH3 is 1. The zero-order valence-electron chi connectivity index (χ0n) is 18.7. The number of nitrogens with zero attached hydrogens (tertiary/aromatic N) is 3. The molecule has 4 rings (SSSR count). The second-order valence-corrected chi connectivity index (χ2v) is 10.3. The Morgan fingerprint density at radius 2 is 2.03 bits per heavy atom. The number of carbonyl (C=O) groups excluding carboxylic acids is 1. The van der Waals surface area contributed by atoms with Crippen molar-refractivity contribution in [1.29, 1.82) is 0 Å². The van der Waals surface area contributed by atoms with Gasteiger partial charge in [0, 0.05) is 43.2 Å². The highest BCUT2D eigenvalue weighted by atomic mass is 35.5. The third kappa shape index (κ3) is 6.61. The molecule has 3 aromatic rings. The van der Waals surface area contributed by atoms with E-state index in [2.05, 4.69) is 4.90 Å². The largest absolute Gasteiger partial charge is 0.497 e. The number of hydrogen-bond acceptors (Lipinski definition) is 7. The van der Waals surface area contributed by atoms with Crippen LogP contribution in [0, 0.1) is 0 Å². The fraction of sp³-hybridized carbons (Fsp3) is 0.417. The van der Waals surface area contributed by atoms with E-state index in [0.717, 1.165) is 65.3 Å². The molecule has 33 heavy (non-hydrogen) atoms. The summed E-state index contributed by atoms with van der Waals surface area (Å²) in [6.45, 7) is 5.04. The van der Waals surface area contributed by atoms with E-state index in [4.69, 9.17) is 26.1 Å². The van der Waals surface area contributed by atoms with Gasteiger partial charge in [0.2, 0.25) is 5.91 Å².